The number of nitrogens with one attached hydrogen (secondary N) is 2. The number of H-pyrrole nitrogens is 1. The fourth-order valence-corrected chi connectivity index (χ4v) is 2.28. The van der Waals surface area contributed by atoms with Gasteiger partial charge in [-0.3, -0.25) is 4.79 Å². The van der Waals surface area contributed by atoms with E-state index in [-0.39, 0.29) is 23.6 Å². The highest BCUT2D eigenvalue weighted by Crippen LogP contribution is 2.44. The second kappa shape index (κ2) is 4.82. The molecule has 1 aromatic heterocycles. The molecule has 0 saturated heterocycles. The lowest BCUT2D eigenvalue weighted by atomic mass is 10.1. The zero-order valence-corrected chi connectivity index (χ0v) is 11.2. The van der Waals surface area contributed by atoms with E-state index < -0.39 is 0 Å². The molecule has 5 nitrogen and oxygen atoms in total. The van der Waals surface area contributed by atoms with Crippen LogP contribution in [0.25, 0.3) is 0 Å². The molecule has 1 aliphatic rings. The number of hydrogen-bond donors (Lipinski definition) is 3. The number of aromatic amines is 1. The summed E-state index contributed by atoms with van der Waals surface area (Å²) in [6.45, 7) is 6.56. The van der Waals surface area contributed by atoms with Gasteiger partial charge >= 0.3 is 0 Å². The minimum Gasteiger partial charge on any atom is -0.396 e. The zero-order chi connectivity index (χ0) is 13.3. The molecule has 1 saturated carbocycles. The first-order valence-electron chi connectivity index (χ1n) is 6.39. The molecular weight excluding hydrogens is 230 g/mol. The molecule has 0 radical (unpaired) electrons. The summed E-state index contributed by atoms with van der Waals surface area (Å²) in [7, 11) is 0. The Balaban J connectivity index is 2.09. The summed E-state index contributed by atoms with van der Waals surface area (Å²) in [6.07, 6.45) is 2.12. The Bertz CT molecular complexity index is 491. The summed E-state index contributed by atoms with van der Waals surface area (Å²) in [5, 5.41) is 12.6. The van der Waals surface area contributed by atoms with Crippen LogP contribution in [-0.4, -0.2) is 28.2 Å². The predicted octanol–water partition coefficient (Wildman–Crippen LogP) is 0.810. The number of aromatic nitrogens is 2. The summed E-state index contributed by atoms with van der Waals surface area (Å²) >= 11 is 0. The average molecular weight is 251 g/mol. The maximum Gasteiger partial charge on any atom is 0.255 e. The summed E-state index contributed by atoms with van der Waals surface area (Å²) < 4.78 is 0. The van der Waals surface area contributed by atoms with Gasteiger partial charge in [0.25, 0.3) is 5.56 Å². The van der Waals surface area contributed by atoms with E-state index in [1.165, 1.54) is 0 Å². The van der Waals surface area contributed by atoms with Crippen LogP contribution in [0, 0.1) is 19.3 Å². The van der Waals surface area contributed by atoms with Crippen LogP contribution in [0.15, 0.2) is 4.79 Å². The highest BCUT2D eigenvalue weighted by atomic mass is 16.3. The fraction of sp³-hybridized carbons (Fsp3) is 0.692. The maximum atomic E-state index is 11.9. The van der Waals surface area contributed by atoms with Crippen LogP contribution in [0.2, 0.25) is 0 Å². The van der Waals surface area contributed by atoms with Crippen molar-refractivity contribution in [1.29, 1.82) is 0 Å². The van der Waals surface area contributed by atoms with Crippen molar-refractivity contribution in [3.05, 3.63) is 27.4 Å². The minimum atomic E-state index is -0.0751. The van der Waals surface area contributed by atoms with Gasteiger partial charge in [-0.1, -0.05) is 0 Å². The van der Waals surface area contributed by atoms with E-state index in [0.29, 0.717) is 11.4 Å². The third kappa shape index (κ3) is 2.62. The lowest BCUT2D eigenvalue weighted by molar-refractivity contribution is 0.204. The third-order valence-corrected chi connectivity index (χ3v) is 3.77. The molecule has 5 heteroatoms. The largest absolute Gasteiger partial charge is 0.396 e. The van der Waals surface area contributed by atoms with Gasteiger partial charge in [-0.2, -0.15) is 0 Å². The van der Waals surface area contributed by atoms with Crippen LogP contribution >= 0.6 is 0 Å². The van der Waals surface area contributed by atoms with Gasteiger partial charge in [0.15, 0.2) is 0 Å². The lowest BCUT2D eigenvalue weighted by Gasteiger charge is -2.19. The van der Waals surface area contributed by atoms with Crippen LogP contribution in [0.1, 0.15) is 42.9 Å². The van der Waals surface area contributed by atoms with Crippen LogP contribution in [0.5, 0.6) is 0 Å². The first kappa shape index (κ1) is 13.2. The third-order valence-electron chi connectivity index (χ3n) is 3.77. The Morgan fingerprint density at radius 1 is 1.50 bits per heavy atom. The number of aliphatic hydroxyl groups is 1. The van der Waals surface area contributed by atoms with E-state index in [1.54, 1.807) is 6.92 Å². The maximum absolute atomic E-state index is 11.9. The SMILES string of the molecule is Cc1nc(C)c(C(C)NCC2(CO)CC2)c(=O)[nH]1. The van der Waals surface area contributed by atoms with Gasteiger partial charge in [0.1, 0.15) is 5.82 Å². The number of aliphatic hydroxyl groups excluding tert-OH is 1. The molecule has 1 aromatic rings. The molecule has 0 bridgehead atoms. The van der Waals surface area contributed by atoms with E-state index >= 15 is 0 Å². The number of rotatable bonds is 5. The summed E-state index contributed by atoms with van der Waals surface area (Å²) in [6, 6.07) is -0.0501. The molecule has 3 N–H and O–H groups in total. The predicted molar refractivity (Wildman–Crippen MR) is 69.5 cm³/mol. The van der Waals surface area contributed by atoms with Crippen molar-refractivity contribution in [3.63, 3.8) is 0 Å². The monoisotopic (exact) mass is 251 g/mol. The van der Waals surface area contributed by atoms with Crippen LogP contribution < -0.4 is 10.9 Å². The first-order chi connectivity index (χ1) is 8.47. The standard InChI is InChI=1S/C13H21N3O2/c1-8(14-6-13(7-17)4-5-13)11-9(2)15-10(3)16-12(11)18/h8,14,17H,4-7H2,1-3H3,(H,15,16,18). The molecule has 0 spiro atoms. The van der Waals surface area contributed by atoms with Gasteiger partial charge in [0.05, 0.1) is 5.56 Å². The molecule has 0 aliphatic heterocycles. The first-order valence-corrected chi connectivity index (χ1v) is 6.39. The van der Waals surface area contributed by atoms with Crippen LogP contribution in [-0.2, 0) is 0 Å². The van der Waals surface area contributed by atoms with Crippen molar-refractivity contribution in [1.82, 2.24) is 15.3 Å². The smallest absolute Gasteiger partial charge is 0.255 e. The highest BCUT2D eigenvalue weighted by Gasteiger charge is 2.41. The molecular formula is C13H21N3O2. The van der Waals surface area contributed by atoms with Gasteiger partial charge in [-0.05, 0) is 33.6 Å². The van der Waals surface area contributed by atoms with Crippen molar-refractivity contribution in [2.45, 2.75) is 39.7 Å². The van der Waals surface area contributed by atoms with Gasteiger partial charge in [0, 0.05) is 30.3 Å². The molecule has 1 unspecified atom stereocenters. The van der Waals surface area contributed by atoms with E-state index in [9.17, 15) is 9.90 Å². The van der Waals surface area contributed by atoms with E-state index in [1.807, 2.05) is 13.8 Å². The molecule has 2 rings (SSSR count). The lowest BCUT2D eigenvalue weighted by Crippen LogP contribution is -2.33. The molecule has 0 aromatic carbocycles. The molecule has 1 atom stereocenters. The summed E-state index contributed by atoms with van der Waals surface area (Å²) in [5.74, 6) is 0.641. The fourth-order valence-electron chi connectivity index (χ4n) is 2.28. The second-order valence-electron chi connectivity index (χ2n) is 5.41. The molecule has 1 fully saturated rings. The second-order valence-corrected chi connectivity index (χ2v) is 5.41. The molecule has 0 amide bonds. The topological polar surface area (TPSA) is 78.0 Å². The summed E-state index contributed by atoms with van der Waals surface area (Å²) in [4.78, 5) is 18.9. The Morgan fingerprint density at radius 3 is 2.67 bits per heavy atom. The van der Waals surface area contributed by atoms with Crippen LogP contribution in [0.4, 0.5) is 0 Å². The minimum absolute atomic E-state index is 0.0487. The van der Waals surface area contributed by atoms with E-state index in [0.717, 1.165) is 25.1 Å². The van der Waals surface area contributed by atoms with Crippen molar-refractivity contribution < 1.29 is 5.11 Å². The van der Waals surface area contributed by atoms with Crippen molar-refractivity contribution in [3.8, 4) is 0 Å². The summed E-state index contributed by atoms with van der Waals surface area (Å²) in [5.41, 5.74) is 1.43. The molecule has 18 heavy (non-hydrogen) atoms. The van der Waals surface area contributed by atoms with E-state index in [2.05, 4.69) is 15.3 Å². The Hall–Kier alpha value is -1.20. The van der Waals surface area contributed by atoms with Crippen molar-refractivity contribution in [2.75, 3.05) is 13.2 Å². The van der Waals surface area contributed by atoms with Crippen LogP contribution in [0.3, 0.4) is 0 Å². The van der Waals surface area contributed by atoms with Crippen molar-refractivity contribution >= 4 is 0 Å². The Kier molecular flexibility index (Phi) is 3.54. The van der Waals surface area contributed by atoms with Gasteiger partial charge in [-0.15, -0.1) is 0 Å². The average Bonchev–Trinajstić information content (AvgIpc) is 3.05. The quantitative estimate of drug-likeness (QED) is 0.723. The number of nitrogens with zero attached hydrogens (tertiary/aromatic N) is 1. The van der Waals surface area contributed by atoms with E-state index in [4.69, 9.17) is 0 Å². The van der Waals surface area contributed by atoms with Gasteiger partial charge in [-0.25, -0.2) is 4.98 Å². The number of aryl methyl sites for hydroxylation is 2. The van der Waals surface area contributed by atoms with Gasteiger partial charge < -0.3 is 15.4 Å². The molecule has 1 aliphatic carbocycles. The molecule has 100 valence electrons. The highest BCUT2D eigenvalue weighted by molar-refractivity contribution is 5.20. The molecule has 1 heterocycles. The number of hydrogen-bond acceptors (Lipinski definition) is 4. The zero-order valence-electron chi connectivity index (χ0n) is 11.2. The Labute approximate surface area is 107 Å². The van der Waals surface area contributed by atoms with Gasteiger partial charge in [0.2, 0.25) is 0 Å². The normalized spacial score (nSPS) is 18.7. The Morgan fingerprint density at radius 2 is 2.17 bits per heavy atom. The van der Waals surface area contributed by atoms with Crippen molar-refractivity contribution in [2.24, 2.45) is 5.41 Å².